The summed E-state index contributed by atoms with van der Waals surface area (Å²) in [7, 11) is -3.96. The Morgan fingerprint density at radius 1 is 0.935 bits per heavy atom. The molecule has 0 fully saturated rings. The van der Waals surface area contributed by atoms with Gasteiger partial charge < -0.3 is 5.32 Å². The van der Waals surface area contributed by atoms with Crippen LogP contribution in [-0.4, -0.2) is 25.2 Å². The molecule has 0 aliphatic rings. The molecule has 0 aromatic heterocycles. The van der Waals surface area contributed by atoms with Crippen LogP contribution in [-0.2, 0) is 27.9 Å². The van der Waals surface area contributed by atoms with E-state index in [1.807, 2.05) is 31.2 Å². The van der Waals surface area contributed by atoms with Gasteiger partial charge in [0.2, 0.25) is 15.9 Å². The Balaban J connectivity index is 1.81. The predicted octanol–water partition coefficient (Wildman–Crippen LogP) is 4.81. The van der Waals surface area contributed by atoms with Gasteiger partial charge in [-0.15, -0.1) is 0 Å². The van der Waals surface area contributed by atoms with Crippen LogP contribution in [0.5, 0.6) is 0 Å². The van der Waals surface area contributed by atoms with Gasteiger partial charge in [0.15, 0.2) is 0 Å². The maximum Gasteiger partial charge on any atom is 0.243 e. The van der Waals surface area contributed by atoms with Crippen molar-refractivity contribution in [1.29, 1.82) is 0 Å². The summed E-state index contributed by atoms with van der Waals surface area (Å²) in [6.07, 6.45) is 0. The highest BCUT2D eigenvalue weighted by molar-refractivity contribution is 7.89. The lowest BCUT2D eigenvalue weighted by atomic mass is 10.1. The van der Waals surface area contributed by atoms with Gasteiger partial charge in [-0.3, -0.25) is 4.79 Å². The predicted molar refractivity (Wildman–Crippen MR) is 124 cm³/mol. The highest BCUT2D eigenvalue weighted by Gasteiger charge is 2.27. The van der Waals surface area contributed by atoms with Crippen LogP contribution in [0.15, 0.2) is 77.7 Å². The van der Waals surface area contributed by atoms with E-state index >= 15 is 0 Å². The third-order valence-electron chi connectivity index (χ3n) is 4.69. The molecule has 3 rings (SSSR count). The van der Waals surface area contributed by atoms with Crippen molar-refractivity contribution in [2.45, 2.75) is 24.9 Å². The molecule has 0 atom stereocenters. The second-order valence-electron chi connectivity index (χ2n) is 7.08. The monoisotopic (exact) mass is 476 g/mol. The van der Waals surface area contributed by atoms with E-state index < -0.39 is 15.9 Å². The van der Waals surface area contributed by atoms with Gasteiger partial charge in [-0.2, -0.15) is 4.31 Å². The van der Waals surface area contributed by atoms with Crippen LogP contribution in [0.4, 0.5) is 0 Å². The van der Waals surface area contributed by atoms with Gasteiger partial charge in [0.05, 0.1) is 11.4 Å². The molecule has 0 aliphatic heterocycles. The number of aryl methyl sites for hydroxylation is 1. The minimum Gasteiger partial charge on any atom is -0.351 e. The summed E-state index contributed by atoms with van der Waals surface area (Å²) in [5.41, 5.74) is 2.65. The Morgan fingerprint density at radius 2 is 1.58 bits per heavy atom. The topological polar surface area (TPSA) is 66.5 Å². The van der Waals surface area contributed by atoms with Crippen molar-refractivity contribution in [1.82, 2.24) is 9.62 Å². The molecule has 31 heavy (non-hydrogen) atoms. The van der Waals surface area contributed by atoms with E-state index in [0.29, 0.717) is 22.2 Å². The molecule has 8 heteroatoms. The van der Waals surface area contributed by atoms with E-state index in [9.17, 15) is 13.2 Å². The molecule has 1 amide bonds. The second-order valence-corrected chi connectivity index (χ2v) is 9.86. The van der Waals surface area contributed by atoms with Crippen molar-refractivity contribution in [3.63, 3.8) is 0 Å². The van der Waals surface area contributed by atoms with Crippen LogP contribution >= 0.6 is 23.2 Å². The summed E-state index contributed by atoms with van der Waals surface area (Å²) in [5, 5.41) is 3.64. The van der Waals surface area contributed by atoms with Crippen molar-refractivity contribution >= 4 is 39.1 Å². The first-order valence-corrected chi connectivity index (χ1v) is 11.8. The second kappa shape index (κ2) is 10.3. The minimum absolute atomic E-state index is 0.0391. The number of sulfonamides is 1. The Hall–Kier alpha value is -2.38. The molecule has 3 aromatic carbocycles. The van der Waals surface area contributed by atoms with Gasteiger partial charge >= 0.3 is 0 Å². The third kappa shape index (κ3) is 6.31. The average molecular weight is 477 g/mol. The van der Waals surface area contributed by atoms with E-state index in [2.05, 4.69) is 5.32 Å². The van der Waals surface area contributed by atoms with Crippen LogP contribution < -0.4 is 5.32 Å². The molecular weight excluding hydrogens is 455 g/mol. The van der Waals surface area contributed by atoms with Crippen LogP contribution in [0.25, 0.3) is 0 Å². The number of amides is 1. The smallest absolute Gasteiger partial charge is 0.243 e. The number of rotatable bonds is 8. The lowest BCUT2D eigenvalue weighted by Gasteiger charge is -2.22. The molecule has 0 aliphatic carbocycles. The van der Waals surface area contributed by atoms with Crippen LogP contribution in [0, 0.1) is 6.92 Å². The Bertz CT molecular complexity index is 1150. The van der Waals surface area contributed by atoms with Crippen molar-refractivity contribution in [2.75, 3.05) is 6.54 Å². The first kappa shape index (κ1) is 23.3. The molecule has 0 unspecified atom stereocenters. The highest BCUT2D eigenvalue weighted by atomic mass is 35.5. The normalized spacial score (nSPS) is 11.5. The molecule has 162 valence electrons. The number of hydrogen-bond donors (Lipinski definition) is 1. The average Bonchev–Trinajstić information content (AvgIpc) is 2.74. The van der Waals surface area contributed by atoms with Crippen LogP contribution in [0.1, 0.15) is 16.7 Å². The molecule has 0 heterocycles. The zero-order valence-electron chi connectivity index (χ0n) is 16.9. The number of carbonyl (C=O) groups excluding carboxylic acids is 1. The maximum atomic E-state index is 13.3. The van der Waals surface area contributed by atoms with Gasteiger partial charge in [-0.05, 0) is 48.4 Å². The quantitative estimate of drug-likeness (QED) is 0.507. The first-order valence-electron chi connectivity index (χ1n) is 9.57. The van der Waals surface area contributed by atoms with Gasteiger partial charge in [0.25, 0.3) is 0 Å². The van der Waals surface area contributed by atoms with Crippen molar-refractivity contribution in [3.8, 4) is 0 Å². The Morgan fingerprint density at radius 3 is 2.23 bits per heavy atom. The molecule has 3 aromatic rings. The molecule has 5 nitrogen and oxygen atoms in total. The molecule has 1 N–H and O–H groups in total. The highest BCUT2D eigenvalue weighted by Crippen LogP contribution is 2.23. The standard InChI is InChI=1S/C23H22Cl2N2O3S/c1-17-6-8-18(9-7-17)14-26-23(28)16-27(15-19-4-2-3-5-22(19)25)31(29,30)21-12-10-20(24)11-13-21/h2-13H,14-16H2,1H3,(H,26,28). The van der Waals surface area contributed by atoms with Crippen molar-refractivity contribution in [2.24, 2.45) is 0 Å². The molecular formula is C23H22Cl2N2O3S. The lowest BCUT2D eigenvalue weighted by Crippen LogP contribution is -2.40. The fourth-order valence-corrected chi connectivity index (χ4v) is 4.62. The lowest BCUT2D eigenvalue weighted by molar-refractivity contribution is -0.121. The van der Waals surface area contributed by atoms with Gasteiger partial charge in [-0.1, -0.05) is 71.2 Å². The van der Waals surface area contributed by atoms with E-state index in [-0.39, 0.29) is 18.0 Å². The van der Waals surface area contributed by atoms with Gasteiger partial charge in [0, 0.05) is 23.1 Å². The van der Waals surface area contributed by atoms with Gasteiger partial charge in [0.1, 0.15) is 0 Å². The number of halogens is 2. The van der Waals surface area contributed by atoms with Crippen molar-refractivity contribution < 1.29 is 13.2 Å². The van der Waals surface area contributed by atoms with E-state index in [1.165, 1.54) is 24.3 Å². The first-order chi connectivity index (χ1) is 14.8. The van der Waals surface area contributed by atoms with E-state index in [0.717, 1.165) is 15.4 Å². The largest absolute Gasteiger partial charge is 0.351 e. The van der Waals surface area contributed by atoms with E-state index in [1.54, 1.807) is 24.3 Å². The van der Waals surface area contributed by atoms with Crippen molar-refractivity contribution in [3.05, 3.63) is 99.5 Å². The number of nitrogens with one attached hydrogen (secondary N) is 1. The fourth-order valence-electron chi connectivity index (χ4n) is 2.92. The Labute approximate surface area is 192 Å². The molecule has 0 saturated heterocycles. The summed E-state index contributed by atoms with van der Waals surface area (Å²) >= 11 is 12.1. The SMILES string of the molecule is Cc1ccc(CNC(=O)CN(Cc2ccccc2Cl)S(=O)(=O)c2ccc(Cl)cc2)cc1. The third-order valence-corrected chi connectivity index (χ3v) is 7.11. The van der Waals surface area contributed by atoms with Gasteiger partial charge in [-0.25, -0.2) is 8.42 Å². The Kier molecular flexibility index (Phi) is 7.73. The summed E-state index contributed by atoms with van der Waals surface area (Å²) in [6, 6.07) is 20.5. The number of hydrogen-bond acceptors (Lipinski definition) is 3. The number of nitrogens with zero attached hydrogens (tertiary/aromatic N) is 1. The maximum absolute atomic E-state index is 13.3. The summed E-state index contributed by atoms with van der Waals surface area (Å²) < 4.78 is 27.6. The van der Waals surface area contributed by atoms with Crippen LogP contribution in [0.3, 0.4) is 0 Å². The zero-order valence-corrected chi connectivity index (χ0v) is 19.2. The van der Waals surface area contributed by atoms with Crippen LogP contribution in [0.2, 0.25) is 10.0 Å². The number of carbonyl (C=O) groups is 1. The molecule has 0 radical (unpaired) electrons. The minimum atomic E-state index is -3.96. The summed E-state index contributed by atoms with van der Waals surface area (Å²) in [6.45, 7) is 1.90. The summed E-state index contributed by atoms with van der Waals surface area (Å²) in [5.74, 6) is -0.412. The van der Waals surface area contributed by atoms with E-state index in [4.69, 9.17) is 23.2 Å². The fraction of sp³-hybridized carbons (Fsp3) is 0.174. The zero-order chi connectivity index (χ0) is 22.4. The molecule has 0 saturated carbocycles. The summed E-state index contributed by atoms with van der Waals surface area (Å²) in [4.78, 5) is 12.7. The molecule has 0 bridgehead atoms. The molecule has 0 spiro atoms. The number of benzene rings is 3.